The number of carbonyl (C=O) groups excluding carboxylic acids is 5. The maximum absolute atomic E-state index is 15.3. The SMILES string of the molecule is C=C[C@@H]1C[C@]1(NC(=O)[C@@H]1C[C@@]2(CN1C(=O)[C@@H](NC(=O)[C@@H](NC(=O)[C@@H]1CCCCN1C(C)C)C1CCCCC1)C(C)(C)C)C(C)(C)C21CCC1)C(=O)NS(=O)(=O)N(C)CCC. The molecule has 4 aliphatic carbocycles. The first-order valence-electron chi connectivity index (χ1n) is 22.9. The summed E-state index contributed by atoms with van der Waals surface area (Å²) in [5.41, 5.74) is -2.83. The summed E-state index contributed by atoms with van der Waals surface area (Å²) in [6.07, 6.45) is 13.1. The van der Waals surface area contributed by atoms with Gasteiger partial charge in [0, 0.05) is 37.5 Å². The van der Waals surface area contributed by atoms with Gasteiger partial charge in [-0.3, -0.25) is 28.9 Å². The second-order valence-electron chi connectivity index (χ2n) is 21.1. The lowest BCUT2D eigenvalue weighted by Crippen LogP contribution is -2.63. The van der Waals surface area contributed by atoms with Gasteiger partial charge in [-0.2, -0.15) is 12.7 Å². The number of likely N-dealkylation sites (tertiary alicyclic amines) is 2. The van der Waals surface area contributed by atoms with E-state index in [1.54, 1.807) is 11.0 Å². The molecule has 15 heteroatoms. The third-order valence-electron chi connectivity index (χ3n) is 16.2. The molecule has 6 aliphatic rings. The van der Waals surface area contributed by atoms with Crippen molar-refractivity contribution in [2.45, 2.75) is 181 Å². The molecule has 338 valence electrons. The summed E-state index contributed by atoms with van der Waals surface area (Å²) in [6, 6.07) is -2.95. The monoisotopic (exact) mass is 858 g/mol. The van der Waals surface area contributed by atoms with Gasteiger partial charge in [0.1, 0.15) is 23.7 Å². The second kappa shape index (κ2) is 16.9. The highest BCUT2D eigenvalue weighted by Crippen LogP contribution is 2.88. The van der Waals surface area contributed by atoms with E-state index in [1.807, 2.05) is 27.7 Å². The summed E-state index contributed by atoms with van der Waals surface area (Å²) in [4.78, 5) is 76.5. The number of carbonyl (C=O) groups is 5. The fourth-order valence-corrected chi connectivity index (χ4v) is 13.1. The molecule has 0 radical (unpaired) electrons. The molecule has 6 fully saturated rings. The molecule has 5 amide bonds. The Morgan fingerprint density at radius 3 is 2.07 bits per heavy atom. The first-order valence-corrected chi connectivity index (χ1v) is 24.4. The highest BCUT2D eigenvalue weighted by atomic mass is 32.2. The molecular weight excluding hydrogens is 783 g/mol. The van der Waals surface area contributed by atoms with Crippen molar-refractivity contribution >= 4 is 39.7 Å². The number of fused-ring (bicyclic) bond motifs is 1. The quantitative estimate of drug-likeness (QED) is 0.175. The van der Waals surface area contributed by atoms with Crippen LogP contribution in [0.25, 0.3) is 0 Å². The predicted molar refractivity (Wildman–Crippen MR) is 231 cm³/mol. The molecule has 2 heterocycles. The van der Waals surface area contributed by atoms with E-state index in [-0.39, 0.29) is 64.9 Å². The van der Waals surface area contributed by atoms with Crippen molar-refractivity contribution < 1.29 is 32.4 Å². The van der Waals surface area contributed by atoms with Crippen LogP contribution in [-0.4, -0.2) is 114 Å². The highest BCUT2D eigenvalue weighted by Gasteiger charge is 2.85. The van der Waals surface area contributed by atoms with Gasteiger partial charge in [-0.1, -0.05) is 79.7 Å². The standard InChI is InChI=1S/C45H75N7O7S/c1-11-24-50(10)60(58,59)49-40(57)45(26-31(45)12-2)48-37(54)33-27-44(42(8,9)43(44)22-18-23-43)28-52(33)39(56)35(41(5,6)7)47-38(55)34(30-19-14-13-15-20-30)46-36(53)32-21-16-17-25-51(32)29(3)4/h12,29-35H,2,11,13-28H2,1,3-10H3,(H,46,53)(H,47,55)(H,48,54)(H,49,57)/t31-,32+,33+,34+,35-,44-,45-/m1/s1. The molecule has 7 atom stereocenters. The summed E-state index contributed by atoms with van der Waals surface area (Å²) in [5.74, 6) is -2.84. The van der Waals surface area contributed by atoms with Crippen LogP contribution in [0.2, 0.25) is 0 Å². The Morgan fingerprint density at radius 1 is 0.883 bits per heavy atom. The van der Waals surface area contributed by atoms with E-state index in [2.05, 4.69) is 59.8 Å². The fraction of sp³-hybridized carbons (Fsp3) is 0.844. The minimum absolute atomic E-state index is 0.0242. The van der Waals surface area contributed by atoms with Gasteiger partial charge in [0.05, 0.1) is 6.04 Å². The Kier molecular flexibility index (Phi) is 13.1. The number of hydrogen-bond donors (Lipinski definition) is 4. The Morgan fingerprint density at radius 2 is 1.53 bits per heavy atom. The van der Waals surface area contributed by atoms with E-state index >= 15 is 4.79 Å². The first kappa shape index (κ1) is 46.5. The smallest absolute Gasteiger partial charge is 0.303 e. The van der Waals surface area contributed by atoms with Crippen molar-refractivity contribution in [1.82, 2.24) is 34.8 Å². The molecule has 6 rings (SSSR count). The average molecular weight is 858 g/mol. The lowest BCUT2D eigenvalue weighted by Gasteiger charge is -2.40. The van der Waals surface area contributed by atoms with E-state index in [4.69, 9.17) is 0 Å². The number of rotatable bonds is 15. The normalized spacial score (nSPS) is 31.0. The molecule has 0 aromatic rings. The van der Waals surface area contributed by atoms with Crippen molar-refractivity contribution in [1.29, 1.82) is 0 Å². The number of amides is 5. The summed E-state index contributed by atoms with van der Waals surface area (Å²) in [7, 11) is -2.78. The third-order valence-corrected chi connectivity index (χ3v) is 17.7. The molecule has 0 unspecified atom stereocenters. The maximum atomic E-state index is 15.3. The lowest BCUT2D eigenvalue weighted by atomic mass is 9.73. The topological polar surface area (TPSA) is 177 Å². The maximum Gasteiger partial charge on any atom is 0.303 e. The second-order valence-corrected chi connectivity index (χ2v) is 22.9. The van der Waals surface area contributed by atoms with Gasteiger partial charge in [-0.15, -0.1) is 6.58 Å². The fourth-order valence-electron chi connectivity index (χ4n) is 12.1. The van der Waals surface area contributed by atoms with Crippen LogP contribution >= 0.6 is 0 Å². The van der Waals surface area contributed by atoms with E-state index < -0.39 is 57.0 Å². The van der Waals surface area contributed by atoms with Crippen LogP contribution in [0.1, 0.15) is 145 Å². The zero-order valence-corrected chi connectivity index (χ0v) is 38.8. The molecule has 2 aliphatic heterocycles. The van der Waals surface area contributed by atoms with Crippen molar-refractivity contribution in [3.8, 4) is 0 Å². The van der Waals surface area contributed by atoms with Gasteiger partial charge < -0.3 is 20.9 Å². The van der Waals surface area contributed by atoms with Crippen LogP contribution in [0.3, 0.4) is 0 Å². The van der Waals surface area contributed by atoms with Gasteiger partial charge in [-0.25, -0.2) is 4.72 Å². The zero-order valence-electron chi connectivity index (χ0n) is 38.0. The van der Waals surface area contributed by atoms with Crippen LogP contribution < -0.4 is 20.7 Å². The highest BCUT2D eigenvalue weighted by molar-refractivity contribution is 7.87. The third kappa shape index (κ3) is 8.05. The zero-order chi connectivity index (χ0) is 44.2. The minimum Gasteiger partial charge on any atom is -0.343 e. The largest absolute Gasteiger partial charge is 0.343 e. The number of nitrogens with one attached hydrogen (secondary N) is 4. The van der Waals surface area contributed by atoms with Crippen LogP contribution in [0, 0.1) is 33.5 Å². The number of piperidine rings is 1. The molecule has 2 spiro atoms. The molecule has 14 nitrogen and oxygen atoms in total. The molecule has 0 aromatic carbocycles. The molecule has 0 bridgehead atoms. The minimum atomic E-state index is -4.17. The van der Waals surface area contributed by atoms with Gasteiger partial charge >= 0.3 is 10.2 Å². The molecule has 60 heavy (non-hydrogen) atoms. The molecule has 4 N–H and O–H groups in total. The Bertz CT molecular complexity index is 1800. The van der Waals surface area contributed by atoms with Crippen LogP contribution in [-0.2, 0) is 34.2 Å². The van der Waals surface area contributed by atoms with Gasteiger partial charge in [-0.05, 0) is 100 Å². The van der Waals surface area contributed by atoms with E-state index in [9.17, 15) is 27.6 Å². The predicted octanol–water partition coefficient (Wildman–Crippen LogP) is 4.41. The summed E-state index contributed by atoms with van der Waals surface area (Å²) < 4.78 is 29.4. The van der Waals surface area contributed by atoms with Crippen LogP contribution in [0.4, 0.5) is 0 Å². The van der Waals surface area contributed by atoms with Crippen molar-refractivity contribution in [2.24, 2.45) is 33.5 Å². The number of nitrogens with zero attached hydrogens (tertiary/aromatic N) is 3. The summed E-state index contributed by atoms with van der Waals surface area (Å²) in [6.45, 7) is 21.4. The first-order chi connectivity index (χ1) is 28.0. The average Bonchev–Trinajstić information content (AvgIpc) is 3.90. The van der Waals surface area contributed by atoms with Crippen molar-refractivity contribution in [3.05, 3.63) is 12.7 Å². The molecule has 4 saturated carbocycles. The van der Waals surface area contributed by atoms with Crippen LogP contribution in [0.5, 0.6) is 0 Å². The van der Waals surface area contributed by atoms with Gasteiger partial charge in [0.15, 0.2) is 0 Å². The molecule has 0 aromatic heterocycles. The molecular formula is C45H75N7O7S. The van der Waals surface area contributed by atoms with Gasteiger partial charge in [0.25, 0.3) is 5.91 Å². The van der Waals surface area contributed by atoms with E-state index in [0.717, 1.165) is 81.5 Å². The van der Waals surface area contributed by atoms with Crippen molar-refractivity contribution in [3.63, 3.8) is 0 Å². The molecule has 2 saturated heterocycles. The lowest BCUT2D eigenvalue weighted by molar-refractivity contribution is -0.145. The number of hydrogen-bond acceptors (Lipinski definition) is 8. The van der Waals surface area contributed by atoms with E-state index in [0.29, 0.717) is 19.4 Å². The van der Waals surface area contributed by atoms with Crippen molar-refractivity contribution in [2.75, 3.05) is 26.7 Å². The Hall–Kier alpha value is -3.04. The summed E-state index contributed by atoms with van der Waals surface area (Å²) >= 11 is 0. The Labute approximate surface area is 359 Å². The summed E-state index contributed by atoms with van der Waals surface area (Å²) in [5, 5.41) is 9.31. The van der Waals surface area contributed by atoms with Gasteiger partial charge in [0.2, 0.25) is 23.6 Å². The van der Waals surface area contributed by atoms with E-state index in [1.165, 1.54) is 7.05 Å². The van der Waals surface area contributed by atoms with Crippen LogP contribution in [0.15, 0.2) is 12.7 Å². The Balaban J connectivity index is 1.28.